The average molecular weight is 298 g/mol. The van der Waals surface area contributed by atoms with E-state index in [1.807, 2.05) is 6.92 Å². The minimum atomic E-state index is -0.192. The molecule has 0 aliphatic heterocycles. The fraction of sp³-hybridized carbons (Fsp3) is 0.429. The lowest BCUT2D eigenvalue weighted by molar-refractivity contribution is -0.118. The van der Waals surface area contributed by atoms with Gasteiger partial charge in [-0.05, 0) is 44.0 Å². The maximum atomic E-state index is 11.9. The first-order valence-electron chi connectivity index (χ1n) is 6.49. The van der Waals surface area contributed by atoms with Crippen molar-refractivity contribution in [1.29, 1.82) is 0 Å². The van der Waals surface area contributed by atoms with Crippen molar-refractivity contribution in [2.24, 2.45) is 0 Å². The third-order valence-electron chi connectivity index (χ3n) is 2.93. The summed E-state index contributed by atoms with van der Waals surface area (Å²) in [5.74, 6) is -0.154. The lowest BCUT2D eigenvalue weighted by Gasteiger charge is -2.13. The van der Waals surface area contributed by atoms with Crippen molar-refractivity contribution in [1.82, 2.24) is 5.32 Å². The van der Waals surface area contributed by atoms with Crippen molar-refractivity contribution in [3.63, 3.8) is 0 Å². The Labute approximate surface area is 124 Å². The molecule has 1 atom stereocenters. The topological polar surface area (TPSA) is 70.2 Å². The minimum Gasteiger partial charge on any atom is -0.326 e. The molecule has 0 saturated heterocycles. The fourth-order valence-corrected chi connectivity index (χ4v) is 1.77. The number of carbonyl (C=O) groups is 2. The van der Waals surface area contributed by atoms with Gasteiger partial charge >= 0.3 is 0 Å². The summed E-state index contributed by atoms with van der Waals surface area (Å²) in [4.78, 5) is 22.8. The number of amides is 2. The SMILES string of the molecule is CC(=O)Nc1ccc(NC(=O)C(C)NC2CC2)cc1.Cl. The minimum absolute atomic E-state index is 0. The van der Waals surface area contributed by atoms with Crippen LogP contribution in [0.2, 0.25) is 0 Å². The monoisotopic (exact) mass is 297 g/mol. The summed E-state index contributed by atoms with van der Waals surface area (Å²) >= 11 is 0. The van der Waals surface area contributed by atoms with Gasteiger partial charge in [0.05, 0.1) is 6.04 Å². The number of nitrogens with one attached hydrogen (secondary N) is 3. The number of halogens is 1. The van der Waals surface area contributed by atoms with Crippen LogP contribution in [0.15, 0.2) is 24.3 Å². The van der Waals surface area contributed by atoms with Gasteiger partial charge < -0.3 is 16.0 Å². The van der Waals surface area contributed by atoms with Gasteiger partial charge in [0.2, 0.25) is 11.8 Å². The molecule has 6 heteroatoms. The first-order chi connectivity index (χ1) is 9.04. The molecule has 1 aliphatic carbocycles. The molecule has 2 amide bonds. The van der Waals surface area contributed by atoms with E-state index in [4.69, 9.17) is 0 Å². The molecule has 0 heterocycles. The Hall–Kier alpha value is -1.59. The van der Waals surface area contributed by atoms with Crippen LogP contribution in [0, 0.1) is 0 Å². The Bertz CT molecular complexity index is 472. The van der Waals surface area contributed by atoms with Gasteiger partial charge in [-0.3, -0.25) is 9.59 Å². The van der Waals surface area contributed by atoms with Crippen LogP contribution in [0.5, 0.6) is 0 Å². The molecule has 1 fully saturated rings. The molecule has 0 spiro atoms. The molecule has 110 valence electrons. The summed E-state index contributed by atoms with van der Waals surface area (Å²) in [6.45, 7) is 3.32. The fourth-order valence-electron chi connectivity index (χ4n) is 1.77. The van der Waals surface area contributed by atoms with Gasteiger partial charge in [-0.15, -0.1) is 12.4 Å². The molecule has 5 nitrogen and oxygen atoms in total. The van der Waals surface area contributed by atoms with E-state index in [0.29, 0.717) is 6.04 Å². The van der Waals surface area contributed by atoms with Gasteiger partial charge in [-0.2, -0.15) is 0 Å². The second-order valence-electron chi connectivity index (χ2n) is 4.91. The predicted octanol–water partition coefficient (Wildman–Crippen LogP) is 2.15. The second kappa shape index (κ2) is 7.26. The van der Waals surface area contributed by atoms with E-state index in [1.165, 1.54) is 6.92 Å². The van der Waals surface area contributed by atoms with E-state index < -0.39 is 0 Å². The van der Waals surface area contributed by atoms with Crippen LogP contribution >= 0.6 is 12.4 Å². The highest BCUT2D eigenvalue weighted by Gasteiger charge is 2.25. The van der Waals surface area contributed by atoms with Crippen LogP contribution in [0.25, 0.3) is 0 Å². The summed E-state index contributed by atoms with van der Waals surface area (Å²) in [6, 6.07) is 7.37. The molecular weight excluding hydrogens is 278 g/mol. The van der Waals surface area contributed by atoms with Gasteiger partial charge in [-0.1, -0.05) is 0 Å². The predicted molar refractivity (Wildman–Crippen MR) is 82.2 cm³/mol. The molecule has 3 N–H and O–H groups in total. The first-order valence-corrected chi connectivity index (χ1v) is 6.49. The molecule has 1 aliphatic rings. The summed E-state index contributed by atoms with van der Waals surface area (Å²) in [6.07, 6.45) is 2.31. The number of hydrogen-bond acceptors (Lipinski definition) is 3. The number of rotatable bonds is 5. The molecule has 0 radical (unpaired) electrons. The van der Waals surface area contributed by atoms with Gasteiger partial charge in [0.15, 0.2) is 0 Å². The highest BCUT2D eigenvalue weighted by Crippen LogP contribution is 2.19. The van der Waals surface area contributed by atoms with E-state index in [0.717, 1.165) is 24.2 Å². The zero-order valence-electron chi connectivity index (χ0n) is 11.6. The zero-order chi connectivity index (χ0) is 13.8. The number of benzene rings is 1. The number of hydrogen-bond donors (Lipinski definition) is 3. The first kappa shape index (κ1) is 16.5. The van der Waals surface area contributed by atoms with Crippen LogP contribution in [0.3, 0.4) is 0 Å². The van der Waals surface area contributed by atoms with Crippen molar-refractivity contribution in [3.05, 3.63) is 24.3 Å². The van der Waals surface area contributed by atoms with Crippen molar-refractivity contribution < 1.29 is 9.59 Å². The van der Waals surface area contributed by atoms with E-state index in [2.05, 4.69) is 16.0 Å². The molecule has 2 rings (SSSR count). The molecule has 1 aromatic rings. The molecular formula is C14H20ClN3O2. The van der Waals surface area contributed by atoms with E-state index >= 15 is 0 Å². The molecule has 1 aromatic carbocycles. The summed E-state index contributed by atoms with van der Waals surface area (Å²) in [5.41, 5.74) is 1.44. The zero-order valence-corrected chi connectivity index (χ0v) is 12.4. The Morgan fingerprint density at radius 3 is 2.05 bits per heavy atom. The Balaban J connectivity index is 0.00000200. The molecule has 1 saturated carbocycles. The largest absolute Gasteiger partial charge is 0.326 e. The van der Waals surface area contributed by atoms with Crippen molar-refractivity contribution in [2.45, 2.75) is 38.8 Å². The third kappa shape index (κ3) is 5.19. The van der Waals surface area contributed by atoms with E-state index in [-0.39, 0.29) is 30.3 Å². The summed E-state index contributed by atoms with van der Waals surface area (Å²) < 4.78 is 0. The van der Waals surface area contributed by atoms with Gasteiger partial charge in [0.25, 0.3) is 0 Å². The summed E-state index contributed by atoms with van der Waals surface area (Å²) in [7, 11) is 0. The Morgan fingerprint density at radius 2 is 1.60 bits per heavy atom. The molecule has 0 aromatic heterocycles. The van der Waals surface area contributed by atoms with Crippen LogP contribution < -0.4 is 16.0 Å². The maximum Gasteiger partial charge on any atom is 0.241 e. The van der Waals surface area contributed by atoms with Crippen LogP contribution in [0.1, 0.15) is 26.7 Å². The van der Waals surface area contributed by atoms with E-state index in [1.54, 1.807) is 24.3 Å². The lowest BCUT2D eigenvalue weighted by atomic mass is 10.2. The van der Waals surface area contributed by atoms with Crippen LogP contribution in [-0.4, -0.2) is 23.9 Å². The quantitative estimate of drug-likeness (QED) is 0.780. The smallest absolute Gasteiger partial charge is 0.241 e. The molecule has 1 unspecified atom stereocenters. The number of carbonyl (C=O) groups excluding carboxylic acids is 2. The normalized spacial score (nSPS) is 14.9. The average Bonchev–Trinajstić information content (AvgIpc) is 3.14. The molecule has 0 bridgehead atoms. The maximum absolute atomic E-state index is 11.9. The van der Waals surface area contributed by atoms with Crippen molar-refractivity contribution >= 4 is 35.6 Å². The number of anilines is 2. The van der Waals surface area contributed by atoms with Gasteiger partial charge in [-0.25, -0.2) is 0 Å². The third-order valence-corrected chi connectivity index (χ3v) is 2.93. The van der Waals surface area contributed by atoms with Crippen molar-refractivity contribution in [2.75, 3.05) is 10.6 Å². The van der Waals surface area contributed by atoms with Gasteiger partial charge in [0.1, 0.15) is 0 Å². The molecule has 20 heavy (non-hydrogen) atoms. The van der Waals surface area contributed by atoms with Crippen molar-refractivity contribution in [3.8, 4) is 0 Å². The lowest BCUT2D eigenvalue weighted by Crippen LogP contribution is -2.39. The van der Waals surface area contributed by atoms with Crippen LogP contribution in [-0.2, 0) is 9.59 Å². The Morgan fingerprint density at radius 1 is 1.10 bits per heavy atom. The van der Waals surface area contributed by atoms with Gasteiger partial charge in [0, 0.05) is 24.3 Å². The Kier molecular flexibility index (Phi) is 5.98. The highest BCUT2D eigenvalue weighted by atomic mass is 35.5. The second-order valence-corrected chi connectivity index (χ2v) is 4.91. The summed E-state index contributed by atoms with van der Waals surface area (Å²) in [5, 5.41) is 8.76. The van der Waals surface area contributed by atoms with E-state index in [9.17, 15) is 9.59 Å². The standard InChI is InChI=1S/C14H19N3O2.ClH/c1-9(15-11-3-4-11)14(19)17-13-7-5-12(6-8-13)16-10(2)18;/h5-9,11,15H,3-4H2,1-2H3,(H,16,18)(H,17,19);1H. The van der Waals surface area contributed by atoms with Crippen LogP contribution in [0.4, 0.5) is 11.4 Å². The highest BCUT2D eigenvalue weighted by molar-refractivity contribution is 5.95.